The van der Waals surface area contributed by atoms with Crippen LogP contribution in [-0.2, 0) is 4.79 Å². The van der Waals surface area contributed by atoms with Crippen molar-refractivity contribution in [1.29, 1.82) is 0 Å². The van der Waals surface area contributed by atoms with Gasteiger partial charge in [0.2, 0.25) is 5.91 Å². The van der Waals surface area contributed by atoms with E-state index in [1.807, 2.05) is 20.8 Å². The summed E-state index contributed by atoms with van der Waals surface area (Å²) in [4.78, 5) is 11.9. The molecular weight excluding hydrogens is 235 g/mol. The van der Waals surface area contributed by atoms with E-state index in [4.69, 9.17) is 10.5 Å². The van der Waals surface area contributed by atoms with Crippen LogP contribution in [0.15, 0.2) is 18.2 Å². The highest BCUT2D eigenvalue weighted by Gasteiger charge is 2.27. The minimum absolute atomic E-state index is 0.0686. The van der Waals surface area contributed by atoms with E-state index in [1.165, 1.54) is 25.3 Å². The summed E-state index contributed by atoms with van der Waals surface area (Å²) in [6.45, 7) is 5.54. The van der Waals surface area contributed by atoms with Crippen LogP contribution >= 0.6 is 0 Å². The van der Waals surface area contributed by atoms with Crippen molar-refractivity contribution in [1.82, 2.24) is 0 Å². The van der Waals surface area contributed by atoms with E-state index in [1.54, 1.807) is 0 Å². The van der Waals surface area contributed by atoms with Crippen molar-refractivity contribution in [2.45, 2.75) is 26.8 Å². The molecule has 1 rings (SSSR count). The summed E-state index contributed by atoms with van der Waals surface area (Å²) in [5.74, 6) is -0.476. The van der Waals surface area contributed by atoms with Crippen molar-refractivity contribution in [3.63, 3.8) is 0 Å². The molecule has 0 aromatic heterocycles. The van der Waals surface area contributed by atoms with Gasteiger partial charge in [-0.3, -0.25) is 4.79 Å². The lowest BCUT2D eigenvalue weighted by Crippen LogP contribution is -2.45. The maximum Gasteiger partial charge on any atom is 0.241 e. The average molecular weight is 254 g/mol. The Morgan fingerprint density at radius 2 is 2.06 bits per heavy atom. The molecule has 0 saturated carbocycles. The van der Waals surface area contributed by atoms with Crippen LogP contribution in [0.25, 0.3) is 0 Å². The van der Waals surface area contributed by atoms with Crippen LogP contribution in [0, 0.1) is 11.2 Å². The van der Waals surface area contributed by atoms with Gasteiger partial charge in [-0.05, 0) is 17.5 Å². The molecule has 0 aliphatic rings. The van der Waals surface area contributed by atoms with E-state index in [0.717, 1.165) is 0 Å². The van der Waals surface area contributed by atoms with Gasteiger partial charge in [-0.2, -0.15) is 0 Å². The minimum atomic E-state index is -0.719. The van der Waals surface area contributed by atoms with Crippen molar-refractivity contribution < 1.29 is 13.9 Å². The van der Waals surface area contributed by atoms with E-state index < -0.39 is 17.8 Å². The molecule has 0 heterocycles. The van der Waals surface area contributed by atoms with E-state index >= 15 is 0 Å². The Kier molecular flexibility index (Phi) is 4.29. The molecule has 0 aliphatic heterocycles. The van der Waals surface area contributed by atoms with Gasteiger partial charge in [-0.1, -0.05) is 20.8 Å². The number of ether oxygens (including phenoxy) is 1. The molecule has 0 spiro atoms. The fourth-order valence-electron chi connectivity index (χ4n) is 1.33. The van der Waals surface area contributed by atoms with Gasteiger partial charge >= 0.3 is 0 Å². The zero-order chi connectivity index (χ0) is 13.9. The van der Waals surface area contributed by atoms with Crippen LogP contribution in [-0.4, -0.2) is 19.1 Å². The maximum absolute atomic E-state index is 13.5. The summed E-state index contributed by atoms with van der Waals surface area (Å²) in [6.07, 6.45) is 0. The Morgan fingerprint density at radius 1 is 1.44 bits per heavy atom. The van der Waals surface area contributed by atoms with Gasteiger partial charge in [0.25, 0.3) is 0 Å². The summed E-state index contributed by atoms with van der Waals surface area (Å²) in [7, 11) is 1.47. The van der Waals surface area contributed by atoms with E-state index in [9.17, 15) is 9.18 Å². The van der Waals surface area contributed by atoms with Crippen LogP contribution in [0.1, 0.15) is 20.8 Å². The molecule has 4 nitrogen and oxygen atoms in total. The van der Waals surface area contributed by atoms with Crippen molar-refractivity contribution in [3.8, 4) is 5.75 Å². The normalized spacial score (nSPS) is 13.0. The molecule has 3 N–H and O–H groups in total. The molecule has 0 saturated heterocycles. The molecule has 18 heavy (non-hydrogen) atoms. The molecule has 0 unspecified atom stereocenters. The number of anilines is 1. The standard InChI is InChI=1S/C13H19FN2O2/c1-13(2,3)11(15)12(17)16-10-7-8(18-4)5-6-9(10)14/h5-7,11H,15H2,1-4H3,(H,16,17)/t11-/m1/s1. The third-order valence-corrected chi connectivity index (χ3v) is 2.65. The van der Waals surface area contributed by atoms with Crippen LogP contribution in [0.5, 0.6) is 5.75 Å². The molecule has 5 heteroatoms. The summed E-state index contributed by atoms with van der Waals surface area (Å²) in [5.41, 5.74) is 5.48. The van der Waals surface area contributed by atoms with Gasteiger partial charge in [0, 0.05) is 6.07 Å². The number of hydrogen-bond acceptors (Lipinski definition) is 3. The lowest BCUT2D eigenvalue weighted by Gasteiger charge is -2.25. The van der Waals surface area contributed by atoms with Crippen LogP contribution in [0.2, 0.25) is 0 Å². The first-order valence-corrected chi connectivity index (χ1v) is 5.65. The van der Waals surface area contributed by atoms with Gasteiger partial charge < -0.3 is 15.8 Å². The summed E-state index contributed by atoms with van der Waals surface area (Å²) >= 11 is 0. The molecule has 1 amide bonds. The highest BCUT2D eigenvalue weighted by atomic mass is 19.1. The summed E-state index contributed by atoms with van der Waals surface area (Å²) in [6, 6.07) is 3.41. The molecule has 0 radical (unpaired) electrons. The third kappa shape index (κ3) is 3.43. The number of halogens is 1. The van der Waals surface area contributed by atoms with Crippen molar-refractivity contribution in [3.05, 3.63) is 24.0 Å². The summed E-state index contributed by atoms with van der Waals surface area (Å²) < 4.78 is 18.5. The van der Waals surface area contributed by atoms with Gasteiger partial charge in [-0.15, -0.1) is 0 Å². The van der Waals surface area contributed by atoms with Gasteiger partial charge in [-0.25, -0.2) is 4.39 Å². The zero-order valence-electron chi connectivity index (χ0n) is 11.1. The maximum atomic E-state index is 13.5. The quantitative estimate of drug-likeness (QED) is 0.868. The molecule has 0 bridgehead atoms. The second kappa shape index (κ2) is 5.35. The first kappa shape index (κ1) is 14.4. The highest BCUT2D eigenvalue weighted by molar-refractivity contribution is 5.95. The molecule has 0 fully saturated rings. The zero-order valence-corrected chi connectivity index (χ0v) is 11.1. The molecule has 1 aromatic rings. The Balaban J connectivity index is 2.88. The van der Waals surface area contributed by atoms with E-state index in [-0.39, 0.29) is 11.1 Å². The fraction of sp³-hybridized carbons (Fsp3) is 0.462. The second-order valence-electron chi connectivity index (χ2n) is 5.18. The van der Waals surface area contributed by atoms with Crippen molar-refractivity contribution >= 4 is 11.6 Å². The van der Waals surface area contributed by atoms with Gasteiger partial charge in [0.1, 0.15) is 11.6 Å². The number of nitrogens with two attached hydrogens (primary N) is 1. The SMILES string of the molecule is COc1ccc(F)c(NC(=O)[C@@H](N)C(C)(C)C)c1. The van der Waals surface area contributed by atoms with Crippen LogP contribution in [0.3, 0.4) is 0 Å². The third-order valence-electron chi connectivity index (χ3n) is 2.65. The number of carbonyl (C=O) groups is 1. The molecule has 100 valence electrons. The van der Waals surface area contributed by atoms with Crippen molar-refractivity contribution in [2.75, 3.05) is 12.4 Å². The average Bonchev–Trinajstić information content (AvgIpc) is 2.29. The summed E-state index contributed by atoms with van der Waals surface area (Å²) in [5, 5.41) is 2.47. The van der Waals surface area contributed by atoms with Gasteiger partial charge in [0.05, 0.1) is 18.8 Å². The Morgan fingerprint density at radius 3 is 2.56 bits per heavy atom. The fourth-order valence-corrected chi connectivity index (χ4v) is 1.33. The second-order valence-corrected chi connectivity index (χ2v) is 5.18. The minimum Gasteiger partial charge on any atom is -0.497 e. The molecule has 1 aromatic carbocycles. The van der Waals surface area contributed by atoms with E-state index in [0.29, 0.717) is 5.75 Å². The molecule has 1 atom stereocenters. The number of carbonyl (C=O) groups excluding carboxylic acids is 1. The van der Waals surface area contributed by atoms with E-state index in [2.05, 4.69) is 5.32 Å². The van der Waals surface area contributed by atoms with Crippen molar-refractivity contribution in [2.24, 2.45) is 11.1 Å². The number of rotatable bonds is 3. The molecular formula is C13H19FN2O2. The topological polar surface area (TPSA) is 64.3 Å². The molecule has 0 aliphatic carbocycles. The van der Waals surface area contributed by atoms with Crippen LogP contribution in [0.4, 0.5) is 10.1 Å². The lowest BCUT2D eigenvalue weighted by molar-refractivity contribution is -0.119. The first-order chi connectivity index (χ1) is 8.25. The highest BCUT2D eigenvalue weighted by Crippen LogP contribution is 2.23. The lowest BCUT2D eigenvalue weighted by atomic mass is 9.87. The van der Waals surface area contributed by atoms with Gasteiger partial charge in [0.15, 0.2) is 0 Å². The Hall–Kier alpha value is -1.62. The number of nitrogens with one attached hydrogen (secondary N) is 1. The predicted octanol–water partition coefficient (Wildman–Crippen LogP) is 2.15. The number of benzene rings is 1. The first-order valence-electron chi connectivity index (χ1n) is 5.65. The number of amides is 1. The number of methoxy groups -OCH3 is 1. The smallest absolute Gasteiger partial charge is 0.241 e. The Labute approximate surface area is 106 Å². The number of hydrogen-bond donors (Lipinski definition) is 2. The predicted molar refractivity (Wildman–Crippen MR) is 69.0 cm³/mol. The van der Waals surface area contributed by atoms with Crippen LogP contribution < -0.4 is 15.8 Å². The monoisotopic (exact) mass is 254 g/mol. The Bertz CT molecular complexity index is 441. The largest absolute Gasteiger partial charge is 0.497 e.